The van der Waals surface area contributed by atoms with Gasteiger partial charge in [-0.1, -0.05) is 36.4 Å². The van der Waals surface area contributed by atoms with E-state index in [-0.39, 0.29) is 5.97 Å². The largest absolute Gasteiger partial charge is 0.465 e. The fourth-order valence-corrected chi connectivity index (χ4v) is 3.53. The van der Waals surface area contributed by atoms with Gasteiger partial charge >= 0.3 is 5.97 Å². The first-order valence-corrected chi connectivity index (χ1v) is 8.61. The minimum atomic E-state index is -0.358. The van der Waals surface area contributed by atoms with Crippen LogP contribution in [-0.4, -0.2) is 18.1 Å². The standard InChI is InChI=1S/C19H15N3O2S/c1-24-19(23)18-16(10-11-25-18)21-22-17-12-6-2-4-8-14(12)20-15-9-5-3-7-13(15)17/h2-11,21H,1H3,(H,20,22). The predicted molar refractivity (Wildman–Crippen MR) is 102 cm³/mol. The Hall–Kier alpha value is -3.12. The molecule has 6 heteroatoms. The van der Waals surface area contributed by atoms with E-state index in [1.54, 1.807) is 0 Å². The summed E-state index contributed by atoms with van der Waals surface area (Å²) in [5.41, 5.74) is 9.82. The first kappa shape index (κ1) is 15.4. The summed E-state index contributed by atoms with van der Waals surface area (Å²) in [6.45, 7) is 0. The molecular weight excluding hydrogens is 334 g/mol. The van der Waals surface area contributed by atoms with E-state index >= 15 is 0 Å². The summed E-state index contributed by atoms with van der Waals surface area (Å²) in [5.74, 6) is -0.358. The fraction of sp³-hybridized carbons (Fsp3) is 0.0526. The summed E-state index contributed by atoms with van der Waals surface area (Å²) >= 11 is 1.34. The topological polar surface area (TPSA) is 63.2 Å². The number of hydrogen-bond donors (Lipinski definition) is 2. The number of aromatic nitrogens is 1. The molecule has 2 aromatic carbocycles. The number of ether oxygens (including phenoxy) is 1. The second-order valence-electron chi connectivity index (χ2n) is 5.43. The maximum Gasteiger partial charge on any atom is 0.350 e. The Balaban J connectivity index is 1.78. The van der Waals surface area contributed by atoms with Crippen LogP contribution >= 0.6 is 11.3 Å². The molecule has 0 aliphatic rings. The molecule has 25 heavy (non-hydrogen) atoms. The van der Waals surface area contributed by atoms with E-state index in [0.717, 1.165) is 27.5 Å². The van der Waals surface area contributed by atoms with Crippen LogP contribution in [0.4, 0.5) is 11.4 Å². The third-order valence-corrected chi connectivity index (χ3v) is 4.84. The van der Waals surface area contributed by atoms with E-state index < -0.39 is 0 Å². The van der Waals surface area contributed by atoms with Gasteiger partial charge in [-0.25, -0.2) is 9.78 Å². The third-order valence-electron chi connectivity index (χ3n) is 3.95. The number of esters is 1. The average molecular weight is 349 g/mol. The molecule has 0 amide bonds. The average Bonchev–Trinajstić information content (AvgIpc) is 3.13. The second kappa shape index (κ2) is 6.41. The van der Waals surface area contributed by atoms with E-state index in [1.165, 1.54) is 18.4 Å². The van der Waals surface area contributed by atoms with Gasteiger partial charge in [-0.15, -0.1) is 11.3 Å². The predicted octanol–water partition coefficient (Wildman–Crippen LogP) is 4.68. The number of thiophene rings is 1. The molecule has 0 saturated heterocycles. The maximum absolute atomic E-state index is 11.8. The van der Waals surface area contributed by atoms with Gasteiger partial charge in [-0.3, -0.25) is 10.9 Å². The lowest BCUT2D eigenvalue weighted by atomic mass is 10.1. The van der Waals surface area contributed by atoms with Crippen molar-refractivity contribution >= 4 is 50.5 Å². The molecule has 0 bridgehead atoms. The number of fused-ring (bicyclic) bond motifs is 2. The Kier molecular flexibility index (Phi) is 3.95. The van der Waals surface area contributed by atoms with Crippen molar-refractivity contribution in [1.29, 1.82) is 0 Å². The highest BCUT2D eigenvalue weighted by atomic mass is 32.1. The van der Waals surface area contributed by atoms with Gasteiger partial charge in [-0.05, 0) is 23.6 Å². The fourth-order valence-electron chi connectivity index (χ4n) is 2.76. The van der Waals surface area contributed by atoms with E-state index in [2.05, 4.69) is 10.9 Å². The highest BCUT2D eigenvalue weighted by Gasteiger charge is 2.14. The highest BCUT2D eigenvalue weighted by molar-refractivity contribution is 7.12. The van der Waals surface area contributed by atoms with Crippen molar-refractivity contribution in [2.75, 3.05) is 18.0 Å². The maximum atomic E-state index is 11.8. The summed E-state index contributed by atoms with van der Waals surface area (Å²) in [7, 11) is 1.38. The normalized spacial score (nSPS) is 10.8. The Labute approximate surface area is 148 Å². The molecule has 5 nitrogen and oxygen atoms in total. The van der Waals surface area contributed by atoms with Crippen LogP contribution in [0.5, 0.6) is 0 Å². The third kappa shape index (κ3) is 2.77. The van der Waals surface area contributed by atoms with Crippen LogP contribution in [0.15, 0.2) is 60.0 Å². The molecule has 4 aromatic rings. The number of para-hydroxylation sites is 2. The van der Waals surface area contributed by atoms with Crippen molar-refractivity contribution in [3.05, 3.63) is 64.9 Å². The van der Waals surface area contributed by atoms with E-state index in [4.69, 9.17) is 9.72 Å². The molecule has 2 aromatic heterocycles. The number of pyridine rings is 1. The molecule has 2 heterocycles. The van der Waals surface area contributed by atoms with Gasteiger partial charge in [0.1, 0.15) is 4.88 Å². The van der Waals surface area contributed by atoms with Gasteiger partial charge in [0.2, 0.25) is 0 Å². The lowest BCUT2D eigenvalue weighted by Gasteiger charge is -2.14. The SMILES string of the molecule is COC(=O)c1sccc1NNc1c2ccccc2nc2ccccc12. The van der Waals surface area contributed by atoms with Crippen molar-refractivity contribution in [3.8, 4) is 0 Å². The molecule has 0 saturated carbocycles. The Morgan fingerprint density at radius 1 is 0.960 bits per heavy atom. The van der Waals surface area contributed by atoms with Crippen LogP contribution in [0, 0.1) is 0 Å². The number of rotatable bonds is 4. The minimum absolute atomic E-state index is 0.358. The smallest absolute Gasteiger partial charge is 0.350 e. The Morgan fingerprint density at radius 3 is 2.24 bits per heavy atom. The summed E-state index contributed by atoms with van der Waals surface area (Å²) in [6.07, 6.45) is 0. The zero-order valence-corrected chi connectivity index (χ0v) is 14.3. The second-order valence-corrected chi connectivity index (χ2v) is 6.34. The summed E-state index contributed by atoms with van der Waals surface area (Å²) in [6, 6.07) is 17.7. The quantitative estimate of drug-likeness (QED) is 0.318. The number of methoxy groups -OCH3 is 1. The van der Waals surface area contributed by atoms with Crippen LogP contribution < -0.4 is 10.9 Å². The van der Waals surface area contributed by atoms with Crippen molar-refractivity contribution in [3.63, 3.8) is 0 Å². The number of nitrogens with zero attached hydrogens (tertiary/aromatic N) is 1. The Morgan fingerprint density at radius 2 is 1.60 bits per heavy atom. The summed E-state index contributed by atoms with van der Waals surface area (Å²) in [5, 5.41) is 3.85. The van der Waals surface area contributed by atoms with Crippen LogP contribution in [-0.2, 0) is 4.74 Å². The number of hydrogen-bond acceptors (Lipinski definition) is 6. The van der Waals surface area contributed by atoms with Crippen molar-refractivity contribution in [2.24, 2.45) is 0 Å². The molecule has 124 valence electrons. The van der Waals surface area contributed by atoms with Gasteiger partial charge in [0.25, 0.3) is 0 Å². The van der Waals surface area contributed by atoms with E-state index in [1.807, 2.05) is 60.0 Å². The van der Waals surface area contributed by atoms with Gasteiger partial charge < -0.3 is 4.74 Å². The lowest BCUT2D eigenvalue weighted by molar-refractivity contribution is 0.0607. The zero-order chi connectivity index (χ0) is 17.2. The molecule has 0 spiro atoms. The van der Waals surface area contributed by atoms with Crippen molar-refractivity contribution in [2.45, 2.75) is 0 Å². The number of carbonyl (C=O) groups excluding carboxylic acids is 1. The van der Waals surface area contributed by atoms with Crippen LogP contribution in [0.25, 0.3) is 21.8 Å². The zero-order valence-electron chi connectivity index (χ0n) is 13.4. The molecule has 0 aliphatic heterocycles. The molecule has 0 unspecified atom stereocenters. The molecular formula is C19H15N3O2S. The lowest BCUT2D eigenvalue weighted by Crippen LogP contribution is -2.12. The van der Waals surface area contributed by atoms with Crippen LogP contribution in [0.2, 0.25) is 0 Å². The number of nitrogens with one attached hydrogen (secondary N) is 2. The van der Waals surface area contributed by atoms with Gasteiger partial charge in [0.05, 0.1) is 29.5 Å². The van der Waals surface area contributed by atoms with Crippen LogP contribution in [0.1, 0.15) is 9.67 Å². The summed E-state index contributed by atoms with van der Waals surface area (Å²) < 4.78 is 4.82. The summed E-state index contributed by atoms with van der Waals surface area (Å²) in [4.78, 5) is 17.1. The number of anilines is 2. The van der Waals surface area contributed by atoms with E-state index in [9.17, 15) is 4.79 Å². The molecule has 0 atom stereocenters. The van der Waals surface area contributed by atoms with Crippen LogP contribution in [0.3, 0.4) is 0 Å². The van der Waals surface area contributed by atoms with Gasteiger partial charge in [0, 0.05) is 10.8 Å². The molecule has 0 aliphatic carbocycles. The number of hydrazine groups is 1. The van der Waals surface area contributed by atoms with Crippen molar-refractivity contribution in [1.82, 2.24) is 4.98 Å². The molecule has 0 radical (unpaired) electrons. The number of benzene rings is 2. The van der Waals surface area contributed by atoms with Gasteiger partial charge in [0.15, 0.2) is 0 Å². The molecule has 2 N–H and O–H groups in total. The molecule has 4 rings (SSSR count). The first-order valence-electron chi connectivity index (χ1n) is 7.73. The minimum Gasteiger partial charge on any atom is -0.465 e. The van der Waals surface area contributed by atoms with E-state index in [0.29, 0.717) is 10.6 Å². The van der Waals surface area contributed by atoms with Gasteiger partial charge in [-0.2, -0.15) is 0 Å². The number of carbonyl (C=O) groups is 1. The Bertz CT molecular complexity index is 1020. The van der Waals surface area contributed by atoms with Crippen molar-refractivity contribution < 1.29 is 9.53 Å². The first-order chi connectivity index (χ1) is 12.3. The highest BCUT2D eigenvalue weighted by Crippen LogP contribution is 2.31. The monoisotopic (exact) mass is 349 g/mol. The molecule has 0 fully saturated rings.